The first-order valence-electron chi connectivity index (χ1n) is 10.9. The second kappa shape index (κ2) is 7.40. The van der Waals surface area contributed by atoms with E-state index in [0.29, 0.717) is 44.4 Å². The number of piperidine rings is 1. The SMILES string of the molecule is Cn1cc(C(=O)N2CCC(N3C(=O)C(OCC4CC4)C34CCOCC4)CC2)cn1. The number of hydrogen-bond acceptors (Lipinski definition) is 5. The molecule has 1 spiro atoms. The van der Waals surface area contributed by atoms with Gasteiger partial charge in [-0.25, -0.2) is 0 Å². The van der Waals surface area contributed by atoms with Crippen molar-refractivity contribution in [2.24, 2.45) is 13.0 Å². The average Bonchev–Trinajstić information content (AvgIpc) is 3.47. The molecule has 1 atom stereocenters. The van der Waals surface area contributed by atoms with Crippen LogP contribution in [-0.2, 0) is 21.3 Å². The standard InChI is InChI=1S/C21H30N4O4/c1-23-13-16(12-22-23)19(26)24-8-4-17(5-9-24)25-20(27)18(29-14-15-2-3-15)21(25)6-10-28-11-7-21/h12-13,15,17-18H,2-11,14H2,1H3. The molecule has 0 N–H and O–H groups in total. The minimum Gasteiger partial charge on any atom is -0.381 e. The fraction of sp³-hybridized carbons (Fsp3) is 0.762. The van der Waals surface area contributed by atoms with Gasteiger partial charge in [-0.3, -0.25) is 14.3 Å². The summed E-state index contributed by atoms with van der Waals surface area (Å²) >= 11 is 0. The molecule has 0 aromatic carbocycles. The molecule has 8 nitrogen and oxygen atoms in total. The Morgan fingerprint density at radius 3 is 2.59 bits per heavy atom. The van der Waals surface area contributed by atoms with Crippen LogP contribution >= 0.6 is 0 Å². The fourth-order valence-electron chi connectivity index (χ4n) is 5.19. The quantitative estimate of drug-likeness (QED) is 0.692. The van der Waals surface area contributed by atoms with Gasteiger partial charge in [-0.15, -0.1) is 0 Å². The zero-order chi connectivity index (χ0) is 20.0. The zero-order valence-corrected chi connectivity index (χ0v) is 17.1. The Bertz CT molecular complexity index is 775. The Morgan fingerprint density at radius 2 is 1.97 bits per heavy atom. The molecule has 3 saturated heterocycles. The maximum absolute atomic E-state index is 13.1. The molecule has 29 heavy (non-hydrogen) atoms. The van der Waals surface area contributed by atoms with Crippen LogP contribution in [-0.4, -0.2) is 82.0 Å². The Balaban J connectivity index is 1.24. The Kier molecular flexibility index (Phi) is 4.86. The topological polar surface area (TPSA) is 76.9 Å². The van der Waals surface area contributed by atoms with Crippen molar-refractivity contribution in [3.8, 4) is 0 Å². The predicted octanol–water partition coefficient (Wildman–Crippen LogP) is 1.21. The molecule has 2 amide bonds. The van der Waals surface area contributed by atoms with E-state index in [1.54, 1.807) is 17.1 Å². The number of aryl methyl sites for hydroxylation is 1. The van der Waals surface area contributed by atoms with Crippen LogP contribution in [0.1, 0.15) is 48.9 Å². The van der Waals surface area contributed by atoms with E-state index >= 15 is 0 Å². The summed E-state index contributed by atoms with van der Waals surface area (Å²) in [5.41, 5.74) is 0.421. The lowest BCUT2D eigenvalue weighted by Crippen LogP contribution is -2.79. The molecule has 1 aromatic heterocycles. The molecule has 1 aromatic rings. The van der Waals surface area contributed by atoms with Gasteiger partial charge in [-0.2, -0.15) is 5.10 Å². The van der Waals surface area contributed by atoms with Gasteiger partial charge < -0.3 is 19.3 Å². The number of carbonyl (C=O) groups excluding carboxylic acids is 2. The fourth-order valence-corrected chi connectivity index (χ4v) is 5.19. The summed E-state index contributed by atoms with van der Waals surface area (Å²) < 4.78 is 13.4. The average molecular weight is 402 g/mol. The zero-order valence-electron chi connectivity index (χ0n) is 17.1. The first-order valence-corrected chi connectivity index (χ1v) is 10.9. The second-order valence-corrected chi connectivity index (χ2v) is 9.01. The minimum absolute atomic E-state index is 0.0258. The summed E-state index contributed by atoms with van der Waals surface area (Å²) in [5.74, 6) is 0.818. The molecule has 0 bridgehead atoms. The van der Waals surface area contributed by atoms with Gasteiger partial charge in [0.05, 0.1) is 23.9 Å². The van der Waals surface area contributed by atoms with Crippen LogP contribution in [0, 0.1) is 5.92 Å². The highest BCUT2D eigenvalue weighted by Gasteiger charge is 2.63. The van der Waals surface area contributed by atoms with Crippen LogP contribution in [0.4, 0.5) is 0 Å². The molecular weight excluding hydrogens is 372 g/mol. The summed E-state index contributed by atoms with van der Waals surface area (Å²) in [7, 11) is 1.81. The van der Waals surface area contributed by atoms with Crippen molar-refractivity contribution in [3.63, 3.8) is 0 Å². The monoisotopic (exact) mass is 402 g/mol. The van der Waals surface area contributed by atoms with Gasteiger partial charge in [0.2, 0.25) is 0 Å². The molecular formula is C21H30N4O4. The van der Waals surface area contributed by atoms with Crippen molar-refractivity contribution in [2.45, 2.75) is 56.2 Å². The smallest absolute Gasteiger partial charge is 0.257 e. The van der Waals surface area contributed by atoms with Gasteiger partial charge in [-0.1, -0.05) is 0 Å². The first kappa shape index (κ1) is 19.1. The second-order valence-electron chi connectivity index (χ2n) is 9.01. The Labute approximate surface area is 171 Å². The number of hydrogen-bond donors (Lipinski definition) is 0. The number of amides is 2. The third-order valence-corrected chi connectivity index (χ3v) is 7.05. The van der Waals surface area contributed by atoms with Gasteiger partial charge in [0.15, 0.2) is 6.10 Å². The molecule has 4 heterocycles. The molecule has 3 aliphatic heterocycles. The van der Waals surface area contributed by atoms with Crippen LogP contribution in [0.2, 0.25) is 0 Å². The van der Waals surface area contributed by atoms with E-state index in [-0.39, 0.29) is 29.5 Å². The third-order valence-electron chi connectivity index (χ3n) is 7.05. The van der Waals surface area contributed by atoms with Crippen molar-refractivity contribution in [2.75, 3.05) is 32.9 Å². The van der Waals surface area contributed by atoms with Gasteiger partial charge >= 0.3 is 0 Å². The highest BCUT2D eigenvalue weighted by Crippen LogP contribution is 2.46. The van der Waals surface area contributed by atoms with E-state index < -0.39 is 0 Å². The van der Waals surface area contributed by atoms with Gasteiger partial charge in [0.25, 0.3) is 11.8 Å². The summed E-state index contributed by atoms with van der Waals surface area (Å²) in [5, 5.41) is 4.10. The van der Waals surface area contributed by atoms with Crippen LogP contribution in [0.5, 0.6) is 0 Å². The molecule has 8 heteroatoms. The number of likely N-dealkylation sites (tertiary alicyclic amines) is 2. The maximum Gasteiger partial charge on any atom is 0.257 e. The molecule has 4 aliphatic rings. The molecule has 4 fully saturated rings. The number of nitrogens with zero attached hydrogens (tertiary/aromatic N) is 4. The largest absolute Gasteiger partial charge is 0.381 e. The van der Waals surface area contributed by atoms with Crippen LogP contribution in [0.15, 0.2) is 12.4 Å². The van der Waals surface area contributed by atoms with Crippen molar-refractivity contribution in [1.29, 1.82) is 0 Å². The van der Waals surface area contributed by atoms with Crippen molar-refractivity contribution >= 4 is 11.8 Å². The van der Waals surface area contributed by atoms with Crippen molar-refractivity contribution < 1.29 is 19.1 Å². The molecule has 158 valence electrons. The number of aromatic nitrogens is 2. The number of rotatable bonds is 5. The molecule has 0 radical (unpaired) electrons. The highest BCUT2D eigenvalue weighted by atomic mass is 16.5. The normalized spacial score (nSPS) is 27.3. The van der Waals surface area contributed by atoms with Crippen molar-refractivity contribution in [3.05, 3.63) is 18.0 Å². The third kappa shape index (κ3) is 3.36. The Morgan fingerprint density at radius 1 is 1.24 bits per heavy atom. The Hall–Kier alpha value is -1.93. The molecule has 1 aliphatic carbocycles. The molecule has 1 unspecified atom stereocenters. The number of carbonyl (C=O) groups is 2. The van der Waals surface area contributed by atoms with Crippen LogP contribution in [0.25, 0.3) is 0 Å². The van der Waals surface area contributed by atoms with Crippen LogP contribution < -0.4 is 0 Å². The van der Waals surface area contributed by atoms with E-state index in [0.717, 1.165) is 25.7 Å². The van der Waals surface area contributed by atoms with Gasteiger partial charge in [0, 0.05) is 45.6 Å². The summed E-state index contributed by atoms with van der Waals surface area (Å²) in [6.45, 7) is 3.42. The van der Waals surface area contributed by atoms with Crippen LogP contribution in [0.3, 0.4) is 0 Å². The number of β-lactam (4-membered cyclic amide) rings is 1. The summed E-state index contributed by atoms with van der Waals surface area (Å²) in [4.78, 5) is 29.8. The van der Waals surface area contributed by atoms with E-state index in [2.05, 4.69) is 10.00 Å². The lowest BCUT2D eigenvalue weighted by Gasteiger charge is -2.62. The van der Waals surface area contributed by atoms with E-state index in [1.807, 2.05) is 11.9 Å². The molecule has 1 saturated carbocycles. The summed E-state index contributed by atoms with van der Waals surface area (Å²) in [6, 6.07) is 0.180. The highest BCUT2D eigenvalue weighted by molar-refractivity contribution is 5.94. The minimum atomic E-state index is -0.304. The lowest BCUT2D eigenvalue weighted by atomic mass is 9.72. The van der Waals surface area contributed by atoms with E-state index in [9.17, 15) is 9.59 Å². The van der Waals surface area contributed by atoms with Gasteiger partial charge in [0.1, 0.15) is 0 Å². The van der Waals surface area contributed by atoms with Crippen molar-refractivity contribution in [1.82, 2.24) is 19.6 Å². The number of ether oxygens (including phenoxy) is 2. The summed E-state index contributed by atoms with van der Waals surface area (Å²) in [6.07, 6.45) is 8.85. The first-order chi connectivity index (χ1) is 14.1. The maximum atomic E-state index is 13.1. The predicted molar refractivity (Wildman–Crippen MR) is 104 cm³/mol. The lowest BCUT2D eigenvalue weighted by molar-refractivity contribution is -0.219. The van der Waals surface area contributed by atoms with E-state index in [1.165, 1.54) is 12.8 Å². The molecule has 5 rings (SSSR count). The van der Waals surface area contributed by atoms with E-state index in [4.69, 9.17) is 9.47 Å². The van der Waals surface area contributed by atoms with Gasteiger partial charge in [-0.05, 0) is 44.4 Å².